The number of rotatable bonds is 3. The maximum atomic E-state index is 12.5. The molecule has 1 atom stereocenters. The van der Waals surface area contributed by atoms with E-state index in [1.165, 1.54) is 18.2 Å². The first kappa shape index (κ1) is 16.8. The molecule has 2 aromatic carbocycles. The van der Waals surface area contributed by atoms with Crippen LogP contribution in [-0.4, -0.2) is 20.4 Å². The number of hydrogen-bond donors (Lipinski definition) is 2. The molecule has 1 heterocycles. The van der Waals surface area contributed by atoms with Crippen LogP contribution in [0.3, 0.4) is 0 Å². The van der Waals surface area contributed by atoms with Crippen molar-refractivity contribution >= 4 is 43.2 Å². The number of benzene rings is 2. The Morgan fingerprint density at radius 3 is 2.67 bits per heavy atom. The first-order valence-corrected chi connectivity index (χ1v) is 9.44. The van der Waals surface area contributed by atoms with Crippen LogP contribution in [0.15, 0.2) is 45.8 Å². The molecule has 0 aromatic heterocycles. The number of fused-ring (bicyclic) bond motifs is 1. The molecule has 0 saturated carbocycles. The predicted octanol–water partition coefficient (Wildman–Crippen LogP) is 3.28. The van der Waals surface area contributed by atoms with Crippen LogP contribution >= 0.6 is 15.9 Å². The molecule has 6 nitrogen and oxygen atoms in total. The third-order valence-electron chi connectivity index (χ3n) is 3.62. The van der Waals surface area contributed by atoms with Crippen LogP contribution in [0.2, 0.25) is 0 Å². The van der Waals surface area contributed by atoms with Gasteiger partial charge in [0.1, 0.15) is 5.75 Å². The fraction of sp³-hybridized carbons (Fsp3) is 0.188. The Morgan fingerprint density at radius 1 is 1.21 bits per heavy atom. The number of halogens is 1. The summed E-state index contributed by atoms with van der Waals surface area (Å²) in [5, 5.41) is 2.64. The topological polar surface area (TPSA) is 84.5 Å². The normalized spacial score (nSPS) is 16.8. The van der Waals surface area contributed by atoms with E-state index in [-0.39, 0.29) is 10.8 Å². The summed E-state index contributed by atoms with van der Waals surface area (Å²) in [5.74, 6) is 0.131. The van der Waals surface area contributed by atoms with E-state index in [1.807, 2.05) is 13.0 Å². The maximum absolute atomic E-state index is 12.5. The van der Waals surface area contributed by atoms with Gasteiger partial charge in [0, 0.05) is 10.2 Å². The highest BCUT2D eigenvalue weighted by molar-refractivity contribution is 9.10. The summed E-state index contributed by atoms with van der Waals surface area (Å²) in [6.45, 7) is 3.54. The average Bonchev–Trinajstić information content (AvgIpc) is 2.51. The van der Waals surface area contributed by atoms with Crippen LogP contribution in [0.5, 0.6) is 5.75 Å². The number of hydrogen-bond acceptors (Lipinski definition) is 4. The number of carbonyl (C=O) groups excluding carboxylic acids is 1. The Labute approximate surface area is 148 Å². The largest absolute Gasteiger partial charge is 0.479 e. The SMILES string of the molecule is Cc1ccc(NS(=O)(=O)c2ccc3c(c2)NC(=O)C(C)O3)cc1Br. The van der Waals surface area contributed by atoms with E-state index >= 15 is 0 Å². The molecule has 2 N–H and O–H groups in total. The summed E-state index contributed by atoms with van der Waals surface area (Å²) in [5.41, 5.74) is 1.78. The smallest absolute Gasteiger partial charge is 0.265 e. The summed E-state index contributed by atoms with van der Waals surface area (Å²) in [6, 6.07) is 9.54. The van der Waals surface area contributed by atoms with E-state index in [2.05, 4.69) is 26.0 Å². The Morgan fingerprint density at radius 2 is 1.96 bits per heavy atom. The van der Waals surface area contributed by atoms with Crippen molar-refractivity contribution in [1.29, 1.82) is 0 Å². The highest BCUT2D eigenvalue weighted by Gasteiger charge is 2.25. The summed E-state index contributed by atoms with van der Waals surface area (Å²) in [4.78, 5) is 11.7. The minimum atomic E-state index is -3.79. The van der Waals surface area contributed by atoms with E-state index in [4.69, 9.17) is 4.74 Å². The van der Waals surface area contributed by atoms with Gasteiger partial charge in [0.25, 0.3) is 15.9 Å². The van der Waals surface area contributed by atoms with Gasteiger partial charge >= 0.3 is 0 Å². The van der Waals surface area contributed by atoms with Gasteiger partial charge < -0.3 is 10.1 Å². The number of ether oxygens (including phenoxy) is 1. The van der Waals surface area contributed by atoms with E-state index in [1.54, 1.807) is 19.1 Å². The first-order chi connectivity index (χ1) is 11.3. The molecule has 0 aliphatic carbocycles. The molecule has 3 rings (SSSR count). The maximum Gasteiger partial charge on any atom is 0.265 e. The van der Waals surface area contributed by atoms with Gasteiger partial charge in [0.15, 0.2) is 6.10 Å². The van der Waals surface area contributed by atoms with Gasteiger partial charge in [-0.25, -0.2) is 8.42 Å². The lowest BCUT2D eigenvalue weighted by Crippen LogP contribution is -2.34. The van der Waals surface area contributed by atoms with Crippen molar-refractivity contribution in [3.63, 3.8) is 0 Å². The van der Waals surface area contributed by atoms with E-state index < -0.39 is 16.1 Å². The van der Waals surface area contributed by atoms with Crippen LogP contribution in [-0.2, 0) is 14.8 Å². The van der Waals surface area contributed by atoms with Gasteiger partial charge in [-0.2, -0.15) is 0 Å². The number of aryl methyl sites for hydroxylation is 1. The highest BCUT2D eigenvalue weighted by atomic mass is 79.9. The third kappa shape index (κ3) is 3.25. The zero-order valence-electron chi connectivity index (χ0n) is 13.0. The number of amides is 1. The number of anilines is 2. The summed E-state index contributed by atoms with van der Waals surface area (Å²) in [6.07, 6.45) is -0.608. The second kappa shape index (κ2) is 6.10. The fourth-order valence-corrected chi connectivity index (χ4v) is 3.68. The fourth-order valence-electron chi connectivity index (χ4n) is 2.23. The molecular weight excluding hydrogens is 396 g/mol. The molecule has 1 aliphatic heterocycles. The quantitative estimate of drug-likeness (QED) is 0.812. The molecule has 0 bridgehead atoms. The van der Waals surface area contributed by atoms with Crippen molar-refractivity contribution in [2.24, 2.45) is 0 Å². The van der Waals surface area contributed by atoms with Crippen molar-refractivity contribution in [2.75, 3.05) is 10.0 Å². The monoisotopic (exact) mass is 410 g/mol. The van der Waals surface area contributed by atoms with Crippen LogP contribution in [0, 0.1) is 6.92 Å². The summed E-state index contributed by atoms with van der Waals surface area (Å²) < 4.78 is 33.9. The third-order valence-corrected chi connectivity index (χ3v) is 5.85. The number of sulfonamides is 1. The molecule has 2 aromatic rings. The lowest BCUT2D eigenvalue weighted by atomic mass is 10.2. The van der Waals surface area contributed by atoms with Gasteiger partial charge in [-0.1, -0.05) is 22.0 Å². The van der Waals surface area contributed by atoms with Crippen LogP contribution in [0.4, 0.5) is 11.4 Å². The predicted molar refractivity (Wildman–Crippen MR) is 94.8 cm³/mol. The van der Waals surface area contributed by atoms with Crippen molar-refractivity contribution < 1.29 is 17.9 Å². The van der Waals surface area contributed by atoms with Gasteiger partial charge in [0.2, 0.25) is 0 Å². The minimum absolute atomic E-state index is 0.0383. The second-order valence-electron chi connectivity index (χ2n) is 5.48. The van der Waals surface area contributed by atoms with Gasteiger partial charge in [0.05, 0.1) is 10.6 Å². The van der Waals surface area contributed by atoms with Crippen molar-refractivity contribution in [1.82, 2.24) is 0 Å². The number of nitrogens with one attached hydrogen (secondary N) is 2. The van der Waals surface area contributed by atoms with Gasteiger partial charge in [-0.15, -0.1) is 0 Å². The molecule has 0 fully saturated rings. The van der Waals surface area contributed by atoms with Crippen molar-refractivity contribution in [2.45, 2.75) is 24.8 Å². The number of carbonyl (C=O) groups is 1. The minimum Gasteiger partial charge on any atom is -0.479 e. The Bertz CT molecular complexity index is 928. The van der Waals surface area contributed by atoms with Crippen molar-refractivity contribution in [3.8, 4) is 5.75 Å². The van der Waals surface area contributed by atoms with Crippen LogP contribution in [0.1, 0.15) is 12.5 Å². The van der Waals surface area contributed by atoms with Gasteiger partial charge in [-0.3, -0.25) is 9.52 Å². The summed E-state index contributed by atoms with van der Waals surface area (Å²) in [7, 11) is -3.79. The molecule has 0 spiro atoms. The molecule has 1 amide bonds. The Balaban J connectivity index is 1.91. The molecule has 0 radical (unpaired) electrons. The lowest BCUT2D eigenvalue weighted by Gasteiger charge is -2.23. The molecule has 8 heteroatoms. The molecule has 1 aliphatic rings. The molecule has 1 unspecified atom stereocenters. The standard InChI is InChI=1S/C16H15BrN2O4S/c1-9-3-4-11(7-13(9)17)19-24(21,22)12-5-6-15-14(8-12)18-16(20)10(2)23-15/h3-8,10,19H,1-2H3,(H,18,20). The average molecular weight is 411 g/mol. The van der Waals surface area contributed by atoms with Crippen LogP contribution in [0.25, 0.3) is 0 Å². The van der Waals surface area contributed by atoms with E-state index in [0.29, 0.717) is 17.1 Å². The van der Waals surface area contributed by atoms with Crippen LogP contribution < -0.4 is 14.8 Å². The second-order valence-corrected chi connectivity index (χ2v) is 8.01. The first-order valence-electron chi connectivity index (χ1n) is 7.17. The highest BCUT2D eigenvalue weighted by Crippen LogP contribution is 2.32. The summed E-state index contributed by atoms with van der Waals surface area (Å²) >= 11 is 3.37. The van der Waals surface area contributed by atoms with Crippen molar-refractivity contribution in [3.05, 3.63) is 46.4 Å². The zero-order chi connectivity index (χ0) is 17.5. The van der Waals surface area contributed by atoms with E-state index in [0.717, 1.165) is 10.0 Å². The molecular formula is C16H15BrN2O4S. The lowest BCUT2D eigenvalue weighted by molar-refractivity contribution is -0.122. The molecule has 0 saturated heterocycles. The van der Waals surface area contributed by atoms with Gasteiger partial charge in [-0.05, 0) is 49.7 Å². The molecule has 126 valence electrons. The molecule has 24 heavy (non-hydrogen) atoms. The Kier molecular flexibility index (Phi) is 4.27. The van der Waals surface area contributed by atoms with E-state index in [9.17, 15) is 13.2 Å². The zero-order valence-corrected chi connectivity index (χ0v) is 15.4. The Hall–Kier alpha value is -2.06.